The number of allylic oxidation sites excluding steroid dienone is 10. The molecule has 0 aromatic carbocycles. The average Bonchev–Trinajstić information content (AvgIpc) is 3.20. The van der Waals surface area contributed by atoms with Crippen molar-refractivity contribution in [2.75, 3.05) is 19.8 Å². The van der Waals surface area contributed by atoms with E-state index in [0.717, 1.165) is 96.3 Å². The van der Waals surface area contributed by atoms with Crippen LogP contribution in [0.25, 0.3) is 0 Å². The SMILES string of the molecule is CC/C=C\C/C=C\C/C=C\CCCCCCCC(=O)OC[C@H](CO[C@H]1CC(OC(C)=O)C[C@@H](COC(C)=O)O1)OC(=O)CCCCCCC/C=C\C/C=C\CCCCC. The molecule has 1 aliphatic heterocycles. The van der Waals surface area contributed by atoms with E-state index < -0.39 is 36.5 Å². The Balaban J connectivity index is 2.50. The van der Waals surface area contributed by atoms with Crippen LogP contribution in [0, 0.1) is 0 Å². The Morgan fingerprint density at radius 3 is 1.66 bits per heavy atom. The summed E-state index contributed by atoms with van der Waals surface area (Å²) >= 11 is 0. The first-order valence-electron chi connectivity index (χ1n) is 22.9. The number of esters is 4. The van der Waals surface area contributed by atoms with Crippen molar-refractivity contribution in [2.24, 2.45) is 0 Å². The quantitative estimate of drug-likeness (QED) is 0.0261. The van der Waals surface area contributed by atoms with Gasteiger partial charge in [0, 0.05) is 39.5 Å². The highest BCUT2D eigenvalue weighted by Gasteiger charge is 2.33. The molecular formula is C49H80O10. The van der Waals surface area contributed by atoms with Crippen molar-refractivity contribution in [3.8, 4) is 0 Å². The molecule has 0 spiro atoms. The first-order valence-corrected chi connectivity index (χ1v) is 22.9. The van der Waals surface area contributed by atoms with E-state index in [2.05, 4.69) is 74.6 Å². The molecule has 1 aliphatic rings. The summed E-state index contributed by atoms with van der Waals surface area (Å²) < 4.78 is 33.9. The molecular weight excluding hydrogens is 749 g/mol. The van der Waals surface area contributed by atoms with E-state index in [1.807, 2.05) is 0 Å². The molecule has 1 saturated heterocycles. The summed E-state index contributed by atoms with van der Waals surface area (Å²) in [5.41, 5.74) is 0. The van der Waals surface area contributed by atoms with Gasteiger partial charge in [0.25, 0.3) is 0 Å². The molecule has 0 aromatic rings. The van der Waals surface area contributed by atoms with Gasteiger partial charge < -0.3 is 28.4 Å². The van der Waals surface area contributed by atoms with E-state index in [-0.39, 0.29) is 44.6 Å². The molecule has 1 fully saturated rings. The number of rotatable bonds is 36. The minimum absolute atomic E-state index is 0.0109. The molecule has 10 heteroatoms. The number of hydrogen-bond donors (Lipinski definition) is 0. The van der Waals surface area contributed by atoms with E-state index in [4.69, 9.17) is 28.4 Å². The van der Waals surface area contributed by atoms with Gasteiger partial charge in [0.05, 0.1) is 12.7 Å². The predicted molar refractivity (Wildman–Crippen MR) is 235 cm³/mol. The third-order valence-electron chi connectivity index (χ3n) is 9.69. The molecule has 0 aliphatic carbocycles. The van der Waals surface area contributed by atoms with E-state index >= 15 is 0 Å². The Kier molecular flexibility index (Phi) is 35.1. The lowest BCUT2D eigenvalue weighted by Gasteiger charge is -2.34. The van der Waals surface area contributed by atoms with Crippen molar-refractivity contribution in [1.82, 2.24) is 0 Å². The summed E-state index contributed by atoms with van der Waals surface area (Å²) in [6, 6.07) is 0. The molecule has 336 valence electrons. The van der Waals surface area contributed by atoms with Crippen molar-refractivity contribution < 1.29 is 47.6 Å². The van der Waals surface area contributed by atoms with E-state index in [0.29, 0.717) is 19.3 Å². The molecule has 1 rings (SSSR count). The lowest BCUT2D eigenvalue weighted by molar-refractivity contribution is -0.238. The lowest BCUT2D eigenvalue weighted by Crippen LogP contribution is -2.42. The largest absolute Gasteiger partial charge is 0.463 e. The predicted octanol–water partition coefficient (Wildman–Crippen LogP) is 11.9. The second-order valence-corrected chi connectivity index (χ2v) is 15.4. The van der Waals surface area contributed by atoms with Gasteiger partial charge in [0.1, 0.15) is 19.3 Å². The summed E-state index contributed by atoms with van der Waals surface area (Å²) in [6.45, 7) is 6.77. The van der Waals surface area contributed by atoms with Crippen LogP contribution >= 0.6 is 0 Å². The van der Waals surface area contributed by atoms with Gasteiger partial charge in [-0.1, -0.05) is 126 Å². The highest BCUT2D eigenvalue weighted by atomic mass is 16.7. The topological polar surface area (TPSA) is 124 Å². The number of carbonyl (C=O) groups excluding carboxylic acids is 4. The van der Waals surface area contributed by atoms with E-state index in [1.165, 1.54) is 39.5 Å². The van der Waals surface area contributed by atoms with Crippen LogP contribution in [0.15, 0.2) is 60.8 Å². The Morgan fingerprint density at radius 1 is 0.576 bits per heavy atom. The van der Waals surface area contributed by atoms with Crippen molar-refractivity contribution >= 4 is 23.9 Å². The fourth-order valence-electron chi connectivity index (χ4n) is 6.49. The van der Waals surface area contributed by atoms with Crippen LogP contribution < -0.4 is 0 Å². The molecule has 1 heterocycles. The molecule has 0 saturated carbocycles. The Bertz CT molecular complexity index is 1230. The highest BCUT2D eigenvalue weighted by molar-refractivity contribution is 5.70. The monoisotopic (exact) mass is 829 g/mol. The molecule has 0 N–H and O–H groups in total. The molecule has 4 atom stereocenters. The van der Waals surface area contributed by atoms with E-state index in [1.54, 1.807) is 0 Å². The second-order valence-electron chi connectivity index (χ2n) is 15.4. The van der Waals surface area contributed by atoms with Crippen molar-refractivity contribution in [1.29, 1.82) is 0 Å². The van der Waals surface area contributed by atoms with Crippen LogP contribution in [0.5, 0.6) is 0 Å². The molecule has 59 heavy (non-hydrogen) atoms. The van der Waals surface area contributed by atoms with Crippen LogP contribution in [-0.2, 0) is 47.6 Å². The second kappa shape index (κ2) is 38.7. The summed E-state index contributed by atoms with van der Waals surface area (Å²) in [7, 11) is 0. The Morgan fingerprint density at radius 2 is 1.10 bits per heavy atom. The third kappa shape index (κ3) is 35.0. The summed E-state index contributed by atoms with van der Waals surface area (Å²) in [5.74, 6) is -1.60. The molecule has 0 amide bonds. The van der Waals surface area contributed by atoms with E-state index in [9.17, 15) is 19.2 Å². The minimum atomic E-state index is -0.838. The lowest BCUT2D eigenvalue weighted by atomic mass is 10.1. The number of hydrogen-bond acceptors (Lipinski definition) is 10. The highest BCUT2D eigenvalue weighted by Crippen LogP contribution is 2.24. The summed E-state index contributed by atoms with van der Waals surface area (Å²) in [5, 5.41) is 0. The van der Waals surface area contributed by atoms with Gasteiger partial charge in [0.2, 0.25) is 0 Å². The number of ether oxygens (including phenoxy) is 6. The fraction of sp³-hybridized carbons (Fsp3) is 0.714. The van der Waals surface area contributed by atoms with Gasteiger partial charge in [-0.25, -0.2) is 0 Å². The van der Waals surface area contributed by atoms with Crippen LogP contribution in [0.1, 0.15) is 182 Å². The minimum Gasteiger partial charge on any atom is -0.463 e. The maximum Gasteiger partial charge on any atom is 0.306 e. The third-order valence-corrected chi connectivity index (χ3v) is 9.69. The van der Waals surface area contributed by atoms with Gasteiger partial charge in [-0.15, -0.1) is 0 Å². The van der Waals surface area contributed by atoms with Crippen LogP contribution in [0.3, 0.4) is 0 Å². The zero-order valence-electron chi connectivity index (χ0n) is 37.3. The maximum atomic E-state index is 12.9. The average molecular weight is 829 g/mol. The van der Waals surface area contributed by atoms with Gasteiger partial charge >= 0.3 is 23.9 Å². The summed E-state index contributed by atoms with van der Waals surface area (Å²) in [4.78, 5) is 48.7. The Hall–Kier alpha value is -3.50. The normalized spacial score (nSPS) is 17.7. The van der Waals surface area contributed by atoms with Crippen LogP contribution in [0.2, 0.25) is 0 Å². The van der Waals surface area contributed by atoms with Gasteiger partial charge in [-0.2, -0.15) is 0 Å². The first-order chi connectivity index (χ1) is 28.7. The smallest absolute Gasteiger partial charge is 0.306 e. The van der Waals surface area contributed by atoms with Crippen LogP contribution in [0.4, 0.5) is 0 Å². The van der Waals surface area contributed by atoms with Gasteiger partial charge in [0.15, 0.2) is 12.4 Å². The Labute approximate surface area is 357 Å². The molecule has 0 bridgehead atoms. The van der Waals surface area contributed by atoms with Crippen molar-refractivity contribution in [2.45, 2.75) is 206 Å². The van der Waals surface area contributed by atoms with Crippen molar-refractivity contribution in [3.05, 3.63) is 60.8 Å². The zero-order chi connectivity index (χ0) is 43.0. The fourth-order valence-corrected chi connectivity index (χ4v) is 6.49. The van der Waals surface area contributed by atoms with Crippen molar-refractivity contribution in [3.63, 3.8) is 0 Å². The summed E-state index contributed by atoms with van der Waals surface area (Å²) in [6.07, 6.45) is 41.8. The molecule has 1 unspecified atom stereocenters. The maximum absolute atomic E-state index is 12.9. The van der Waals surface area contributed by atoms with Gasteiger partial charge in [-0.05, 0) is 77.0 Å². The molecule has 10 nitrogen and oxygen atoms in total. The molecule has 0 radical (unpaired) electrons. The number of carbonyl (C=O) groups is 4. The first kappa shape index (κ1) is 53.5. The molecule has 0 aromatic heterocycles. The number of unbranched alkanes of at least 4 members (excludes halogenated alkanes) is 13. The van der Waals surface area contributed by atoms with Crippen LogP contribution in [-0.4, -0.2) is 68.3 Å². The zero-order valence-corrected chi connectivity index (χ0v) is 37.3. The standard InChI is InChI=1S/C49H80O10/c1-5-7-9-11-13-15-17-19-21-23-25-27-29-31-33-35-47(52)55-40-46(41-56-49-38-44(57-43(4)51)37-45(59-49)39-54-42(3)50)58-48(53)36-34-32-30-28-26-24-22-20-18-16-14-12-10-8-6-2/h7,9,13-16,19-22,44-46,49H,5-6,8,10-12,17-18,23-41H2,1-4H3/b9-7-,15-13-,16-14-,21-19-,22-20-/t44?,45-,46+,49+/m0/s1. The van der Waals surface area contributed by atoms with Gasteiger partial charge in [-0.3, -0.25) is 19.2 Å².